The Hall–Kier alpha value is -2.14. The van der Waals surface area contributed by atoms with Crippen LogP contribution in [0.3, 0.4) is 0 Å². The maximum absolute atomic E-state index is 12.9. The quantitative estimate of drug-likeness (QED) is 0.878. The van der Waals surface area contributed by atoms with Gasteiger partial charge in [-0.1, -0.05) is 11.6 Å². The standard InChI is InChI=1S/C12H7ClFNO3/c13-9-5-6(14)1-2-7(9)10-4-3-8(12(17)18)11(16)15-10/h1-5H,(H,15,16)(H,17,18). The SMILES string of the molecule is O=C(O)c1ccc(-c2ccc(F)cc2Cl)[nH]c1=O. The van der Waals surface area contributed by atoms with Crippen LogP contribution in [0.5, 0.6) is 0 Å². The van der Waals surface area contributed by atoms with E-state index < -0.39 is 17.3 Å². The molecule has 6 heteroatoms. The molecular formula is C12H7ClFNO3. The third-order valence-corrected chi connectivity index (χ3v) is 2.67. The van der Waals surface area contributed by atoms with Crippen molar-refractivity contribution in [2.24, 2.45) is 0 Å². The zero-order valence-electron chi connectivity index (χ0n) is 8.91. The van der Waals surface area contributed by atoms with Gasteiger partial charge in [0.1, 0.15) is 11.4 Å². The summed E-state index contributed by atoms with van der Waals surface area (Å²) in [5.41, 5.74) is -0.348. The van der Waals surface area contributed by atoms with Crippen LogP contribution in [0.4, 0.5) is 4.39 Å². The fourth-order valence-corrected chi connectivity index (χ4v) is 1.78. The van der Waals surface area contributed by atoms with Crippen molar-refractivity contribution >= 4 is 17.6 Å². The minimum Gasteiger partial charge on any atom is -0.477 e. The van der Waals surface area contributed by atoms with Crippen LogP contribution in [0, 0.1) is 5.82 Å². The van der Waals surface area contributed by atoms with Gasteiger partial charge < -0.3 is 10.1 Å². The van der Waals surface area contributed by atoms with Crippen LogP contribution >= 0.6 is 11.6 Å². The van der Waals surface area contributed by atoms with Crippen LogP contribution in [0.1, 0.15) is 10.4 Å². The number of nitrogens with one attached hydrogen (secondary N) is 1. The molecule has 2 aromatic rings. The summed E-state index contributed by atoms with van der Waals surface area (Å²) < 4.78 is 12.9. The van der Waals surface area contributed by atoms with Crippen LogP contribution in [0.2, 0.25) is 5.02 Å². The van der Waals surface area contributed by atoms with Crippen molar-refractivity contribution in [3.8, 4) is 11.3 Å². The summed E-state index contributed by atoms with van der Waals surface area (Å²) >= 11 is 5.84. The molecule has 0 spiro atoms. The maximum Gasteiger partial charge on any atom is 0.341 e. The summed E-state index contributed by atoms with van der Waals surface area (Å²) in [7, 11) is 0. The molecule has 0 aliphatic rings. The lowest BCUT2D eigenvalue weighted by molar-refractivity contribution is 0.0695. The lowest BCUT2D eigenvalue weighted by Crippen LogP contribution is -2.17. The molecule has 0 bridgehead atoms. The first-order chi connectivity index (χ1) is 8.49. The summed E-state index contributed by atoms with van der Waals surface area (Å²) in [6, 6.07) is 6.30. The molecule has 0 aliphatic carbocycles. The molecule has 0 radical (unpaired) electrons. The molecule has 0 unspecified atom stereocenters. The number of halogens is 2. The molecule has 0 saturated heterocycles. The summed E-state index contributed by atoms with van der Waals surface area (Å²) in [4.78, 5) is 24.6. The highest BCUT2D eigenvalue weighted by Crippen LogP contribution is 2.26. The molecule has 1 heterocycles. The zero-order chi connectivity index (χ0) is 13.3. The fraction of sp³-hybridized carbons (Fsp3) is 0. The minimum absolute atomic E-state index is 0.133. The number of carboxylic acids is 1. The van der Waals surface area contributed by atoms with Gasteiger partial charge in [-0.3, -0.25) is 4.79 Å². The summed E-state index contributed by atoms with van der Waals surface area (Å²) in [6.45, 7) is 0. The Morgan fingerprint density at radius 1 is 1.28 bits per heavy atom. The summed E-state index contributed by atoms with van der Waals surface area (Å²) in [6.07, 6.45) is 0. The van der Waals surface area contributed by atoms with Gasteiger partial charge in [0.15, 0.2) is 0 Å². The monoisotopic (exact) mass is 267 g/mol. The maximum atomic E-state index is 12.9. The van der Waals surface area contributed by atoms with Crippen molar-refractivity contribution in [2.75, 3.05) is 0 Å². The first kappa shape index (κ1) is 12.3. The van der Waals surface area contributed by atoms with E-state index in [4.69, 9.17) is 16.7 Å². The molecule has 0 fully saturated rings. The number of aromatic nitrogens is 1. The molecule has 0 atom stereocenters. The minimum atomic E-state index is -1.31. The normalized spacial score (nSPS) is 10.3. The molecule has 0 aliphatic heterocycles. The van der Waals surface area contributed by atoms with Gasteiger partial charge in [-0.05, 0) is 30.3 Å². The van der Waals surface area contributed by atoms with E-state index in [0.29, 0.717) is 11.3 Å². The van der Waals surface area contributed by atoms with Crippen LogP contribution in [0.25, 0.3) is 11.3 Å². The smallest absolute Gasteiger partial charge is 0.341 e. The Morgan fingerprint density at radius 2 is 2.00 bits per heavy atom. The van der Waals surface area contributed by atoms with Crippen molar-refractivity contribution in [1.29, 1.82) is 0 Å². The number of rotatable bonds is 2. The summed E-state index contributed by atoms with van der Waals surface area (Å²) in [5, 5.41) is 8.86. The Bertz CT molecular complexity index is 681. The van der Waals surface area contributed by atoms with Gasteiger partial charge in [0.25, 0.3) is 5.56 Å². The van der Waals surface area contributed by atoms with Gasteiger partial charge in [-0.2, -0.15) is 0 Å². The Kier molecular flexibility index (Phi) is 3.16. The number of hydrogen-bond donors (Lipinski definition) is 2. The lowest BCUT2D eigenvalue weighted by Gasteiger charge is -2.04. The highest BCUT2D eigenvalue weighted by Gasteiger charge is 2.11. The number of carboxylic acid groups (broad SMARTS) is 1. The number of carbonyl (C=O) groups is 1. The average Bonchev–Trinajstić information content (AvgIpc) is 2.28. The highest BCUT2D eigenvalue weighted by atomic mass is 35.5. The molecule has 18 heavy (non-hydrogen) atoms. The first-order valence-corrected chi connectivity index (χ1v) is 5.29. The van der Waals surface area contributed by atoms with Gasteiger partial charge in [0.05, 0.1) is 5.02 Å². The molecule has 1 aromatic carbocycles. The Morgan fingerprint density at radius 3 is 2.56 bits per heavy atom. The molecule has 4 nitrogen and oxygen atoms in total. The van der Waals surface area contributed by atoms with Crippen LogP contribution in [-0.2, 0) is 0 Å². The molecule has 2 rings (SSSR count). The van der Waals surface area contributed by atoms with Gasteiger partial charge in [-0.15, -0.1) is 0 Å². The predicted octanol–water partition coefficient (Wildman–Crippen LogP) is 2.53. The van der Waals surface area contributed by atoms with E-state index in [1.807, 2.05) is 0 Å². The van der Waals surface area contributed by atoms with Crippen molar-refractivity contribution in [2.45, 2.75) is 0 Å². The second kappa shape index (κ2) is 4.62. The van der Waals surface area contributed by atoms with Crippen molar-refractivity contribution in [3.05, 3.63) is 57.1 Å². The molecule has 92 valence electrons. The van der Waals surface area contributed by atoms with Crippen molar-refractivity contribution in [1.82, 2.24) is 4.98 Å². The number of H-pyrrole nitrogens is 1. The first-order valence-electron chi connectivity index (χ1n) is 4.91. The average molecular weight is 268 g/mol. The number of aromatic amines is 1. The molecule has 0 saturated carbocycles. The van der Waals surface area contributed by atoms with Crippen LogP contribution in [-0.4, -0.2) is 16.1 Å². The van der Waals surface area contributed by atoms with Crippen molar-refractivity contribution < 1.29 is 14.3 Å². The van der Waals surface area contributed by atoms with E-state index in [1.165, 1.54) is 24.3 Å². The number of pyridine rings is 1. The molecule has 1 aromatic heterocycles. The highest BCUT2D eigenvalue weighted by molar-refractivity contribution is 6.33. The third-order valence-electron chi connectivity index (χ3n) is 2.36. The topological polar surface area (TPSA) is 70.2 Å². The third kappa shape index (κ3) is 2.26. The molecule has 2 N–H and O–H groups in total. The second-order valence-corrected chi connectivity index (χ2v) is 3.95. The molecule has 0 amide bonds. The van der Waals surface area contributed by atoms with Gasteiger partial charge in [0, 0.05) is 11.3 Å². The second-order valence-electron chi connectivity index (χ2n) is 3.54. The lowest BCUT2D eigenvalue weighted by atomic mass is 10.1. The zero-order valence-corrected chi connectivity index (χ0v) is 9.66. The largest absolute Gasteiger partial charge is 0.477 e. The fourth-order valence-electron chi connectivity index (χ4n) is 1.51. The Labute approximate surface area is 106 Å². The van der Waals surface area contributed by atoms with Gasteiger partial charge in [0.2, 0.25) is 0 Å². The summed E-state index contributed by atoms with van der Waals surface area (Å²) in [5.74, 6) is -1.80. The van der Waals surface area contributed by atoms with E-state index in [2.05, 4.69) is 4.98 Å². The van der Waals surface area contributed by atoms with Crippen LogP contribution < -0.4 is 5.56 Å². The molecular weight excluding hydrogens is 261 g/mol. The number of hydrogen-bond acceptors (Lipinski definition) is 2. The van der Waals surface area contributed by atoms with Gasteiger partial charge >= 0.3 is 5.97 Å². The van der Waals surface area contributed by atoms with E-state index in [-0.39, 0.29) is 10.6 Å². The van der Waals surface area contributed by atoms with E-state index in [0.717, 1.165) is 6.07 Å². The number of benzene rings is 1. The van der Waals surface area contributed by atoms with E-state index >= 15 is 0 Å². The van der Waals surface area contributed by atoms with Crippen LogP contribution in [0.15, 0.2) is 35.1 Å². The van der Waals surface area contributed by atoms with Crippen molar-refractivity contribution in [3.63, 3.8) is 0 Å². The Balaban J connectivity index is 2.56. The predicted molar refractivity (Wildman–Crippen MR) is 64.4 cm³/mol. The van der Waals surface area contributed by atoms with E-state index in [9.17, 15) is 14.0 Å². The number of aromatic carboxylic acids is 1. The van der Waals surface area contributed by atoms with E-state index in [1.54, 1.807) is 0 Å². The van der Waals surface area contributed by atoms with Gasteiger partial charge in [-0.25, -0.2) is 9.18 Å².